The van der Waals surface area contributed by atoms with Crippen LogP contribution in [0.1, 0.15) is 40.1 Å². The van der Waals surface area contributed by atoms with Gasteiger partial charge >= 0.3 is 6.18 Å². The van der Waals surface area contributed by atoms with Crippen LogP contribution in [0, 0.1) is 32.5 Å². The standard InChI is InChI=1S/C26H27ClF4N4/c1-15-10-16(2)23(17(3)11-15)35-22(27)14-34-21(24(26(29,30)31)33-25(34)35)13-19(8-9-32)12-18-4-6-20(28)7-5-18/h4-7,10-11,14,19H,8-9,12-13,32H2,1-3H3. The first kappa shape index (κ1) is 25.3. The summed E-state index contributed by atoms with van der Waals surface area (Å²) in [6.45, 7) is 6.08. The quantitative estimate of drug-likeness (QED) is 0.287. The summed E-state index contributed by atoms with van der Waals surface area (Å²) in [5, 5.41) is 0.270. The van der Waals surface area contributed by atoms with Gasteiger partial charge in [-0.3, -0.25) is 8.97 Å². The van der Waals surface area contributed by atoms with Crippen molar-refractivity contribution in [3.05, 3.63) is 87.2 Å². The Labute approximate surface area is 206 Å². The zero-order chi connectivity index (χ0) is 25.5. The number of halogens is 5. The minimum Gasteiger partial charge on any atom is -0.330 e. The monoisotopic (exact) mass is 506 g/mol. The molecule has 0 aliphatic rings. The number of aryl methyl sites for hydroxylation is 3. The highest BCUT2D eigenvalue weighted by atomic mass is 35.5. The number of hydrogen-bond acceptors (Lipinski definition) is 2. The van der Waals surface area contributed by atoms with Crippen LogP contribution in [0.5, 0.6) is 0 Å². The molecule has 4 aromatic rings. The third kappa shape index (κ3) is 5.09. The lowest BCUT2D eigenvalue weighted by atomic mass is 9.91. The van der Waals surface area contributed by atoms with E-state index in [0.29, 0.717) is 25.1 Å². The van der Waals surface area contributed by atoms with E-state index in [2.05, 4.69) is 4.98 Å². The van der Waals surface area contributed by atoms with Crippen molar-refractivity contribution in [1.29, 1.82) is 0 Å². The number of hydrogen-bond donors (Lipinski definition) is 1. The molecular formula is C26H27ClF4N4. The molecule has 35 heavy (non-hydrogen) atoms. The molecule has 0 aliphatic heterocycles. The van der Waals surface area contributed by atoms with Gasteiger partial charge in [-0.25, -0.2) is 9.37 Å². The molecule has 0 fully saturated rings. The van der Waals surface area contributed by atoms with Gasteiger partial charge in [0.1, 0.15) is 11.0 Å². The van der Waals surface area contributed by atoms with Crippen molar-refractivity contribution in [2.75, 3.05) is 6.54 Å². The van der Waals surface area contributed by atoms with Gasteiger partial charge in [0.2, 0.25) is 5.78 Å². The van der Waals surface area contributed by atoms with Gasteiger partial charge in [0.25, 0.3) is 0 Å². The van der Waals surface area contributed by atoms with Gasteiger partial charge in [-0.1, -0.05) is 41.4 Å². The molecule has 0 saturated carbocycles. The highest BCUT2D eigenvalue weighted by molar-refractivity contribution is 6.30. The molecule has 1 unspecified atom stereocenters. The van der Waals surface area contributed by atoms with E-state index in [1.165, 1.54) is 22.7 Å². The van der Waals surface area contributed by atoms with Gasteiger partial charge in [0.15, 0.2) is 5.69 Å². The Bertz CT molecular complexity index is 1330. The van der Waals surface area contributed by atoms with Gasteiger partial charge in [0, 0.05) is 6.20 Å². The number of alkyl halides is 3. The number of nitrogens with zero attached hydrogens (tertiary/aromatic N) is 3. The van der Waals surface area contributed by atoms with Crippen LogP contribution in [-0.2, 0) is 19.0 Å². The van der Waals surface area contributed by atoms with Crippen LogP contribution in [0.25, 0.3) is 11.5 Å². The molecule has 2 heterocycles. The predicted octanol–water partition coefficient (Wildman–Crippen LogP) is 6.61. The summed E-state index contributed by atoms with van der Waals surface area (Å²) < 4.78 is 58.7. The fourth-order valence-corrected chi connectivity index (χ4v) is 5.16. The zero-order valence-electron chi connectivity index (χ0n) is 19.8. The first-order valence-electron chi connectivity index (χ1n) is 11.4. The first-order valence-corrected chi connectivity index (χ1v) is 11.8. The minimum absolute atomic E-state index is 0.0381. The summed E-state index contributed by atoms with van der Waals surface area (Å²) in [6, 6.07) is 9.91. The number of nitrogens with two attached hydrogens (primary N) is 1. The van der Waals surface area contributed by atoms with Crippen LogP contribution in [-0.4, -0.2) is 20.5 Å². The predicted molar refractivity (Wildman–Crippen MR) is 130 cm³/mol. The number of rotatable bonds is 7. The van der Waals surface area contributed by atoms with Crippen LogP contribution < -0.4 is 5.73 Å². The summed E-state index contributed by atoms with van der Waals surface area (Å²) in [7, 11) is 0. The molecule has 2 aromatic carbocycles. The van der Waals surface area contributed by atoms with E-state index in [1.807, 2.05) is 32.9 Å². The Kier molecular flexibility index (Phi) is 6.97. The maximum atomic E-state index is 14.1. The van der Waals surface area contributed by atoms with E-state index in [9.17, 15) is 17.6 Å². The molecule has 4 nitrogen and oxygen atoms in total. The van der Waals surface area contributed by atoms with Crippen molar-refractivity contribution in [3.63, 3.8) is 0 Å². The highest BCUT2D eigenvalue weighted by Gasteiger charge is 2.39. The molecule has 0 spiro atoms. The lowest BCUT2D eigenvalue weighted by Crippen LogP contribution is -2.18. The maximum absolute atomic E-state index is 14.1. The van der Waals surface area contributed by atoms with Gasteiger partial charge in [0.05, 0.1) is 11.4 Å². The van der Waals surface area contributed by atoms with Gasteiger partial charge in [-0.15, -0.1) is 0 Å². The Hall–Kier alpha value is -2.84. The lowest BCUT2D eigenvalue weighted by Gasteiger charge is -2.17. The molecule has 0 saturated heterocycles. The molecule has 0 bridgehead atoms. The van der Waals surface area contributed by atoms with Crippen LogP contribution >= 0.6 is 11.6 Å². The van der Waals surface area contributed by atoms with Crippen LogP contribution in [0.2, 0.25) is 5.15 Å². The average molecular weight is 507 g/mol. The summed E-state index contributed by atoms with van der Waals surface area (Å²) in [4.78, 5) is 4.05. The van der Waals surface area contributed by atoms with Gasteiger partial charge in [-0.05, 0) is 81.3 Å². The van der Waals surface area contributed by atoms with Crippen molar-refractivity contribution >= 4 is 17.4 Å². The molecule has 2 N–H and O–H groups in total. The van der Waals surface area contributed by atoms with E-state index in [0.717, 1.165) is 22.3 Å². The van der Waals surface area contributed by atoms with Gasteiger partial charge in [-0.2, -0.15) is 13.2 Å². The van der Waals surface area contributed by atoms with E-state index in [1.54, 1.807) is 16.7 Å². The van der Waals surface area contributed by atoms with E-state index in [4.69, 9.17) is 17.3 Å². The Balaban J connectivity index is 1.84. The zero-order valence-corrected chi connectivity index (χ0v) is 20.5. The third-order valence-electron chi connectivity index (χ3n) is 6.26. The van der Waals surface area contributed by atoms with E-state index >= 15 is 0 Å². The van der Waals surface area contributed by atoms with Crippen molar-refractivity contribution in [2.45, 2.75) is 46.2 Å². The topological polar surface area (TPSA) is 48.2 Å². The average Bonchev–Trinajstić information content (AvgIpc) is 3.25. The normalized spacial score (nSPS) is 13.1. The summed E-state index contributed by atoms with van der Waals surface area (Å²) in [5.41, 5.74) is 9.27. The highest BCUT2D eigenvalue weighted by Crippen LogP contribution is 2.37. The summed E-state index contributed by atoms with van der Waals surface area (Å²) >= 11 is 6.57. The maximum Gasteiger partial charge on any atom is 0.435 e. The molecule has 0 amide bonds. The molecule has 9 heteroatoms. The SMILES string of the molecule is Cc1cc(C)c(-n2c(Cl)cn3c(CC(CCN)Cc4ccc(F)cc4)c(C(F)(F)F)nc23)c(C)c1. The van der Waals surface area contributed by atoms with Crippen molar-refractivity contribution in [2.24, 2.45) is 11.7 Å². The number of aromatic nitrogens is 3. The fraction of sp³-hybridized carbons (Fsp3) is 0.346. The Morgan fingerprint density at radius 2 is 1.66 bits per heavy atom. The second-order valence-corrected chi connectivity index (χ2v) is 9.47. The smallest absolute Gasteiger partial charge is 0.330 e. The molecule has 2 aromatic heterocycles. The number of fused-ring (bicyclic) bond motifs is 1. The van der Waals surface area contributed by atoms with E-state index in [-0.39, 0.29) is 34.8 Å². The molecular weight excluding hydrogens is 480 g/mol. The first-order chi connectivity index (χ1) is 16.5. The van der Waals surface area contributed by atoms with Crippen molar-refractivity contribution in [3.8, 4) is 5.69 Å². The van der Waals surface area contributed by atoms with E-state index < -0.39 is 11.9 Å². The Morgan fingerprint density at radius 1 is 1.03 bits per heavy atom. The number of benzene rings is 2. The molecule has 1 atom stereocenters. The van der Waals surface area contributed by atoms with Gasteiger partial charge < -0.3 is 5.73 Å². The number of imidazole rings is 2. The molecule has 4 rings (SSSR count). The largest absolute Gasteiger partial charge is 0.435 e. The van der Waals surface area contributed by atoms with Crippen LogP contribution in [0.4, 0.5) is 17.6 Å². The molecule has 0 radical (unpaired) electrons. The molecule has 0 aliphatic carbocycles. The van der Waals surface area contributed by atoms with Crippen LogP contribution in [0.15, 0.2) is 42.6 Å². The second kappa shape index (κ2) is 9.66. The van der Waals surface area contributed by atoms with Crippen LogP contribution in [0.3, 0.4) is 0 Å². The molecule has 186 valence electrons. The van der Waals surface area contributed by atoms with Crippen molar-refractivity contribution < 1.29 is 17.6 Å². The minimum atomic E-state index is -4.64. The summed E-state index contributed by atoms with van der Waals surface area (Å²) in [5.74, 6) is -0.448. The lowest BCUT2D eigenvalue weighted by molar-refractivity contribution is -0.141. The Morgan fingerprint density at radius 3 is 2.23 bits per heavy atom. The summed E-state index contributed by atoms with van der Waals surface area (Å²) in [6.07, 6.45) is -2.08. The third-order valence-corrected chi connectivity index (χ3v) is 6.53. The second-order valence-electron chi connectivity index (χ2n) is 9.09. The fourth-order valence-electron chi connectivity index (χ4n) is 4.90. The van der Waals surface area contributed by atoms with Crippen molar-refractivity contribution in [1.82, 2.24) is 14.0 Å².